The molecule has 0 bridgehead atoms. The normalized spacial score (nSPS) is 1.50. The molecule has 0 spiro atoms. The van der Waals surface area contributed by atoms with Gasteiger partial charge in [0.25, 0.3) is 0 Å². The number of rotatable bonds is 0. The van der Waals surface area contributed by atoms with Crippen LogP contribution in [0, 0.1) is 0 Å². The molecule has 0 rings (SSSR count). The maximum Gasteiger partial charge on any atom is 0.00225 e. The van der Waals surface area contributed by atoms with Gasteiger partial charge in [0, 0.05) is 59.7 Å². The van der Waals surface area contributed by atoms with Crippen LogP contribution in [0.3, 0.4) is 0 Å². The molecule has 0 aromatic rings. The molecule has 4 heteroatoms. The molecule has 21 valence electrons. The van der Waals surface area contributed by atoms with Crippen molar-refractivity contribution in [1.82, 2.24) is 0 Å². The van der Waals surface area contributed by atoms with E-state index in [1.807, 2.05) is 0 Å². The monoisotopic (exact) mass is 393 g/mol. The third kappa shape index (κ3) is 8.85. The van der Waals surface area contributed by atoms with Crippen molar-refractivity contribution >= 4 is 70.8 Å². The van der Waals surface area contributed by atoms with Gasteiger partial charge in [0.15, 0.2) is 0 Å². The molecule has 0 nitrogen and oxygen atoms in total. The summed E-state index contributed by atoms with van der Waals surface area (Å²) < 4.78 is 0. The first kappa shape index (κ1) is 16.3. The van der Waals surface area contributed by atoms with Gasteiger partial charge in [-0.15, -0.1) is 0 Å². The number of hydrogen-bond donors (Lipinski definition) is 0. The van der Waals surface area contributed by atoms with Crippen molar-refractivity contribution in [2.45, 2.75) is 0 Å². The van der Waals surface area contributed by atoms with Gasteiger partial charge in [-0.2, -0.15) is 0 Å². The van der Waals surface area contributed by atoms with Gasteiger partial charge in [0.1, 0.15) is 0 Å². The third-order valence-corrected chi connectivity index (χ3v) is 0. The van der Waals surface area contributed by atoms with E-state index in [1.54, 1.807) is 0 Å². The molecule has 0 saturated carbocycles. The first-order chi connectivity index (χ1) is 1.00. The number of halogens is 1. The molecule has 0 heterocycles. The molecule has 9 radical (unpaired) electrons. The molecular formula is BrGePbS. The Hall–Kier alpha value is 2.29. The minimum absolute atomic E-state index is 0. The zero-order chi connectivity index (χ0) is 2.00. The summed E-state index contributed by atoms with van der Waals surface area (Å²) in [7, 11) is 0. The van der Waals surface area contributed by atoms with Crippen molar-refractivity contribution in [2.24, 2.45) is 0 Å². The average molecular weight is 392 g/mol. The van der Waals surface area contributed by atoms with E-state index in [0.29, 0.717) is 0 Å². The van der Waals surface area contributed by atoms with Gasteiger partial charge in [0.2, 0.25) is 0 Å². The van der Waals surface area contributed by atoms with E-state index in [0.717, 1.165) is 0 Å². The zero-order valence-corrected chi connectivity index (χ0v) is 10.2. The molecule has 0 unspecified atom stereocenters. The molecule has 0 saturated heterocycles. The van der Waals surface area contributed by atoms with Gasteiger partial charge >= 0.3 is 0 Å². The molecule has 0 aromatic heterocycles. The summed E-state index contributed by atoms with van der Waals surface area (Å²) in [6.07, 6.45) is 0. The van der Waals surface area contributed by atoms with E-state index < -0.39 is 0 Å². The molecule has 0 fully saturated rings. The molecule has 0 aliphatic rings. The average Bonchev–Trinajstić information content (AvgIpc) is 1.00. The Bertz CT molecular complexity index is 8.00. The quantitative estimate of drug-likeness (QED) is 0.534. The summed E-state index contributed by atoms with van der Waals surface area (Å²) in [6, 6.07) is 0. The van der Waals surface area contributed by atoms with Crippen LogP contribution in [0.25, 0.3) is 0 Å². The molecule has 0 aliphatic heterocycles. The van der Waals surface area contributed by atoms with Crippen molar-refractivity contribution in [3.63, 3.8) is 0 Å². The van der Waals surface area contributed by atoms with Gasteiger partial charge in [0.05, 0.1) is 0 Å². The number of hydrogen-bond acceptors (Lipinski definition) is 0. The van der Waals surface area contributed by atoms with Crippen molar-refractivity contribution < 1.29 is 0 Å². The Balaban J connectivity index is -0.00000000500. The Morgan fingerprint density at radius 1 is 1.25 bits per heavy atom. The second-order valence-electron chi connectivity index (χ2n) is 0. The van der Waals surface area contributed by atoms with Crippen molar-refractivity contribution in [3.05, 3.63) is 0 Å². The molecule has 0 atom stereocenters. The Morgan fingerprint density at radius 2 is 1.25 bits per heavy atom. The van der Waals surface area contributed by atoms with Crippen LogP contribution in [0.1, 0.15) is 0 Å². The summed E-state index contributed by atoms with van der Waals surface area (Å²) in [5.41, 5.74) is 0. The predicted molar refractivity (Wildman–Crippen MR) is 28.0 cm³/mol. The van der Waals surface area contributed by atoms with Gasteiger partial charge in [-0.25, -0.2) is 0 Å². The van der Waals surface area contributed by atoms with Crippen LogP contribution in [0.5, 0.6) is 0 Å². The smallest absolute Gasteiger partial charge is 0.00225 e. The molecule has 4 heavy (non-hydrogen) atoms. The van der Waals surface area contributed by atoms with Crippen LogP contribution in [0.2, 0.25) is 0 Å². The van der Waals surface area contributed by atoms with E-state index in [9.17, 15) is 0 Å². The van der Waals surface area contributed by atoms with E-state index in [1.165, 1.54) is 0 Å². The van der Waals surface area contributed by atoms with Gasteiger partial charge in [-0.05, 0) is 11.1 Å². The van der Waals surface area contributed by atoms with E-state index >= 15 is 0 Å². The molecular weight excluding hydrogens is 392 g/mol. The third-order valence-electron chi connectivity index (χ3n) is 0. The van der Waals surface area contributed by atoms with Gasteiger partial charge in [-0.3, -0.25) is 0 Å². The Labute approximate surface area is 69.9 Å². The van der Waals surface area contributed by atoms with E-state index in [-0.39, 0.29) is 44.9 Å². The van der Waals surface area contributed by atoms with E-state index in [4.69, 9.17) is 0 Å². The summed E-state index contributed by atoms with van der Waals surface area (Å²) in [5, 5.41) is 0. The fraction of sp³-hybridized carbons (Fsp3) is 0. The van der Waals surface area contributed by atoms with Crippen LogP contribution in [-0.2, 0) is 0 Å². The van der Waals surface area contributed by atoms with Crippen LogP contribution in [0.15, 0.2) is 0 Å². The zero-order valence-electron chi connectivity index (χ0n) is 1.79. The molecule has 0 amide bonds. The summed E-state index contributed by atoms with van der Waals surface area (Å²) in [5.74, 6) is 0. The second kappa shape index (κ2) is 18.5. The fourth-order valence-electron chi connectivity index (χ4n) is 0. The maximum atomic E-state index is 3.90. The first-order valence-corrected chi connectivity index (χ1v) is 2.41. The largest absolute Gasteiger partial charge is 0.00225 e. The van der Waals surface area contributed by atoms with Gasteiger partial charge < -0.3 is 0 Å². The standard InChI is InChI=1S/BrS.Ge.Pb/c1-2;;. The van der Waals surface area contributed by atoms with Crippen LogP contribution < -0.4 is 0 Å². The van der Waals surface area contributed by atoms with Crippen molar-refractivity contribution in [1.29, 1.82) is 0 Å². The molecule has 0 aromatic carbocycles. The minimum Gasteiger partial charge on any atom is -0.00225 e. The van der Waals surface area contributed by atoms with E-state index in [2.05, 4.69) is 25.9 Å². The Kier molecular flexibility index (Phi) is 75.4. The van der Waals surface area contributed by atoms with Crippen molar-refractivity contribution in [3.8, 4) is 0 Å². The second-order valence-corrected chi connectivity index (χ2v) is 0. The predicted octanol–water partition coefficient (Wildman–Crippen LogP) is 0.732. The SMILES string of the molecule is [Ge].[Pb].[S]Br. The van der Waals surface area contributed by atoms with Crippen LogP contribution >= 0.6 is 25.9 Å². The first-order valence-electron chi connectivity index (χ1n) is 0.154. The topological polar surface area (TPSA) is 0 Å². The Morgan fingerprint density at radius 3 is 1.25 bits per heavy atom. The summed E-state index contributed by atoms with van der Waals surface area (Å²) in [4.78, 5) is 0. The summed E-state index contributed by atoms with van der Waals surface area (Å²) in [6.45, 7) is 0. The molecule has 0 aliphatic carbocycles. The minimum atomic E-state index is 0. The van der Waals surface area contributed by atoms with Gasteiger partial charge in [-0.1, -0.05) is 0 Å². The summed E-state index contributed by atoms with van der Waals surface area (Å²) >= 11 is 6.42. The maximum absolute atomic E-state index is 3.90. The fourth-order valence-corrected chi connectivity index (χ4v) is 0. The van der Waals surface area contributed by atoms with Crippen LogP contribution in [0.4, 0.5) is 0 Å². The van der Waals surface area contributed by atoms with Crippen molar-refractivity contribution in [2.75, 3.05) is 0 Å². The molecule has 0 N–H and O–H groups in total. The van der Waals surface area contributed by atoms with Crippen LogP contribution in [-0.4, -0.2) is 44.9 Å².